The van der Waals surface area contributed by atoms with Crippen molar-refractivity contribution in [2.75, 3.05) is 6.61 Å². The maximum Gasteiger partial charge on any atom is 0.338 e. The Morgan fingerprint density at radius 2 is 1.94 bits per heavy atom. The van der Waals surface area contributed by atoms with Crippen LogP contribution in [-0.4, -0.2) is 22.1 Å². The maximum absolute atomic E-state index is 14.0. The van der Waals surface area contributed by atoms with Crippen molar-refractivity contribution in [3.63, 3.8) is 0 Å². The number of nitrogens with zero attached hydrogens (tertiary/aromatic N) is 2. The molecule has 2 aromatic heterocycles. The van der Waals surface area contributed by atoms with E-state index in [1.165, 1.54) is 12.1 Å². The second-order valence-electron chi connectivity index (χ2n) is 7.41. The Kier molecular flexibility index (Phi) is 7.23. The van der Waals surface area contributed by atoms with E-state index < -0.39 is 17.6 Å². The van der Waals surface area contributed by atoms with Crippen LogP contribution in [0.25, 0.3) is 5.82 Å². The average Bonchev–Trinajstić information content (AvgIpc) is 3.29. The number of esters is 1. The summed E-state index contributed by atoms with van der Waals surface area (Å²) in [5, 5.41) is 0.484. The minimum Gasteiger partial charge on any atom is -0.488 e. The first-order valence-electron chi connectivity index (χ1n) is 10.6. The van der Waals surface area contributed by atoms with Gasteiger partial charge in [-0.1, -0.05) is 17.7 Å². The lowest BCUT2D eigenvalue weighted by molar-refractivity contribution is 0.0526. The lowest BCUT2D eigenvalue weighted by Crippen LogP contribution is -2.08. The van der Waals surface area contributed by atoms with Gasteiger partial charge < -0.3 is 14.0 Å². The fourth-order valence-corrected chi connectivity index (χ4v) is 3.73. The third kappa shape index (κ3) is 5.26. The third-order valence-corrected chi connectivity index (χ3v) is 5.52. The molecule has 0 saturated carbocycles. The first kappa shape index (κ1) is 23.4. The van der Waals surface area contributed by atoms with Gasteiger partial charge in [0.05, 0.1) is 12.2 Å². The smallest absolute Gasteiger partial charge is 0.338 e. The molecule has 0 unspecified atom stereocenters. The molecule has 0 aliphatic carbocycles. The quantitative estimate of drug-likeness (QED) is 0.283. The Labute approximate surface area is 200 Å². The number of carbonyl (C=O) groups excluding carboxylic acids is 1. The second kappa shape index (κ2) is 10.5. The van der Waals surface area contributed by atoms with E-state index in [1.54, 1.807) is 43.5 Å². The molecule has 4 rings (SSSR count). The summed E-state index contributed by atoms with van der Waals surface area (Å²) in [4.78, 5) is 16.5. The van der Waals surface area contributed by atoms with Gasteiger partial charge in [0.2, 0.25) is 0 Å². The Bertz CT molecular complexity index is 1320. The van der Waals surface area contributed by atoms with Crippen molar-refractivity contribution in [3.05, 3.63) is 112 Å². The highest BCUT2D eigenvalue weighted by molar-refractivity contribution is 6.31. The second-order valence-corrected chi connectivity index (χ2v) is 7.82. The van der Waals surface area contributed by atoms with Crippen molar-refractivity contribution in [3.8, 4) is 11.6 Å². The Hall–Kier alpha value is -3.71. The van der Waals surface area contributed by atoms with Crippen LogP contribution in [0.2, 0.25) is 5.02 Å². The maximum atomic E-state index is 14.0. The van der Waals surface area contributed by atoms with Crippen molar-refractivity contribution in [1.29, 1.82) is 0 Å². The number of benzene rings is 2. The molecule has 2 heterocycles. The van der Waals surface area contributed by atoms with Crippen molar-refractivity contribution in [1.82, 2.24) is 9.55 Å². The molecule has 5 nitrogen and oxygen atoms in total. The van der Waals surface area contributed by atoms with Gasteiger partial charge in [-0.25, -0.2) is 18.6 Å². The molecule has 0 bridgehead atoms. The number of aromatic nitrogens is 2. The summed E-state index contributed by atoms with van der Waals surface area (Å²) in [5.74, 6) is -0.712. The van der Waals surface area contributed by atoms with Gasteiger partial charge in [0.25, 0.3) is 0 Å². The summed E-state index contributed by atoms with van der Waals surface area (Å²) >= 11 is 6.49. The molecule has 2 aromatic carbocycles. The van der Waals surface area contributed by atoms with Gasteiger partial charge >= 0.3 is 5.97 Å². The van der Waals surface area contributed by atoms with E-state index in [9.17, 15) is 13.6 Å². The molecule has 0 aliphatic heterocycles. The van der Waals surface area contributed by atoms with Crippen molar-refractivity contribution >= 4 is 17.6 Å². The fraction of sp³-hybridized carbons (Fsp3) is 0.154. The van der Waals surface area contributed by atoms with Crippen molar-refractivity contribution in [2.24, 2.45) is 0 Å². The van der Waals surface area contributed by atoms with Gasteiger partial charge in [-0.2, -0.15) is 0 Å². The normalized spacial score (nSPS) is 10.8. The zero-order valence-electron chi connectivity index (χ0n) is 18.3. The summed E-state index contributed by atoms with van der Waals surface area (Å²) in [6.45, 7) is 1.95. The van der Waals surface area contributed by atoms with E-state index in [4.69, 9.17) is 21.1 Å². The van der Waals surface area contributed by atoms with E-state index in [0.29, 0.717) is 34.1 Å². The summed E-state index contributed by atoms with van der Waals surface area (Å²) < 4.78 is 40.0. The minimum absolute atomic E-state index is 0.0798. The molecule has 34 heavy (non-hydrogen) atoms. The largest absolute Gasteiger partial charge is 0.488 e. The molecule has 0 fully saturated rings. The first-order chi connectivity index (χ1) is 16.5. The molecule has 0 atom stereocenters. The van der Waals surface area contributed by atoms with E-state index in [-0.39, 0.29) is 18.8 Å². The zero-order valence-corrected chi connectivity index (χ0v) is 19.1. The number of hydrogen-bond donors (Lipinski definition) is 0. The van der Waals surface area contributed by atoms with Crippen molar-refractivity contribution in [2.45, 2.75) is 20.0 Å². The molecule has 174 valence electrons. The van der Waals surface area contributed by atoms with Crippen LogP contribution in [0.15, 0.2) is 73.1 Å². The van der Waals surface area contributed by atoms with Crippen LogP contribution < -0.4 is 4.74 Å². The number of carbonyl (C=O) groups is 1. The van der Waals surface area contributed by atoms with Crippen LogP contribution in [0.1, 0.15) is 34.1 Å². The standard InChI is InChI=1S/C26H21ClF2N2O3/c1-2-33-26(32)17-10-11-30-25(13-17)31-12-4-5-20(31)15-21-22(27)6-3-7-24(21)34-16-18-8-9-19(28)14-23(18)29/h3-14H,2,15-16H2,1H3. The highest BCUT2D eigenvalue weighted by atomic mass is 35.5. The van der Waals surface area contributed by atoms with E-state index >= 15 is 0 Å². The molecule has 0 N–H and O–H groups in total. The van der Waals surface area contributed by atoms with Gasteiger partial charge in [-0.15, -0.1) is 0 Å². The fourth-order valence-electron chi connectivity index (χ4n) is 3.50. The average molecular weight is 483 g/mol. The predicted octanol–water partition coefficient (Wildman–Crippen LogP) is 6.15. The topological polar surface area (TPSA) is 53.3 Å². The van der Waals surface area contributed by atoms with Crippen LogP contribution in [0, 0.1) is 11.6 Å². The predicted molar refractivity (Wildman–Crippen MR) is 124 cm³/mol. The van der Waals surface area contributed by atoms with Crippen LogP contribution >= 0.6 is 11.6 Å². The molecule has 0 aliphatic rings. The molecule has 0 spiro atoms. The Morgan fingerprint density at radius 1 is 1.09 bits per heavy atom. The van der Waals surface area contributed by atoms with Crippen LogP contribution in [0.5, 0.6) is 5.75 Å². The van der Waals surface area contributed by atoms with Gasteiger partial charge in [-0.05, 0) is 55.5 Å². The van der Waals surface area contributed by atoms with Gasteiger partial charge in [0.15, 0.2) is 0 Å². The molecule has 0 amide bonds. The van der Waals surface area contributed by atoms with E-state index in [2.05, 4.69) is 4.98 Å². The summed E-state index contributed by atoms with van der Waals surface area (Å²) in [7, 11) is 0. The lowest BCUT2D eigenvalue weighted by atomic mass is 10.1. The molecule has 0 saturated heterocycles. The molecule has 0 radical (unpaired) electrons. The van der Waals surface area contributed by atoms with Gasteiger partial charge in [-0.3, -0.25) is 0 Å². The number of halogens is 3. The molecule has 4 aromatic rings. The van der Waals surface area contributed by atoms with Crippen LogP contribution in [-0.2, 0) is 17.8 Å². The van der Waals surface area contributed by atoms with E-state index in [0.717, 1.165) is 11.8 Å². The van der Waals surface area contributed by atoms with E-state index in [1.807, 2.05) is 22.9 Å². The molecular weight excluding hydrogens is 462 g/mol. The third-order valence-electron chi connectivity index (χ3n) is 5.17. The van der Waals surface area contributed by atoms with Crippen LogP contribution in [0.4, 0.5) is 8.78 Å². The highest BCUT2D eigenvalue weighted by Crippen LogP contribution is 2.30. The number of rotatable bonds is 8. The minimum atomic E-state index is -0.676. The van der Waals surface area contributed by atoms with Crippen LogP contribution in [0.3, 0.4) is 0 Å². The SMILES string of the molecule is CCOC(=O)c1ccnc(-n2cccc2Cc2c(Cl)cccc2OCc2ccc(F)cc2F)c1. The summed E-state index contributed by atoms with van der Waals surface area (Å²) in [6.07, 6.45) is 3.77. The molecular formula is C26H21ClF2N2O3. The van der Waals surface area contributed by atoms with Crippen molar-refractivity contribution < 1.29 is 23.0 Å². The summed E-state index contributed by atoms with van der Waals surface area (Å²) in [5.41, 5.74) is 2.18. The first-order valence-corrected chi connectivity index (χ1v) is 11.0. The lowest BCUT2D eigenvalue weighted by Gasteiger charge is -2.15. The van der Waals surface area contributed by atoms with Gasteiger partial charge in [0.1, 0.15) is 29.8 Å². The number of ether oxygens (including phenoxy) is 2. The zero-order chi connectivity index (χ0) is 24.1. The Balaban J connectivity index is 1.60. The molecule has 8 heteroatoms. The number of hydrogen-bond acceptors (Lipinski definition) is 4. The summed E-state index contributed by atoms with van der Waals surface area (Å²) in [6, 6.07) is 15.6. The highest BCUT2D eigenvalue weighted by Gasteiger charge is 2.15. The van der Waals surface area contributed by atoms with Gasteiger partial charge in [0, 0.05) is 46.7 Å². The Morgan fingerprint density at radius 3 is 2.74 bits per heavy atom. The monoisotopic (exact) mass is 482 g/mol. The number of pyridine rings is 1.